The van der Waals surface area contributed by atoms with Gasteiger partial charge in [-0.25, -0.2) is 4.98 Å². The number of aryl methyl sites for hydroxylation is 1. The molecule has 3 rings (SSSR count). The van der Waals surface area contributed by atoms with Gasteiger partial charge in [0.2, 0.25) is 5.95 Å². The molecule has 0 amide bonds. The van der Waals surface area contributed by atoms with E-state index in [9.17, 15) is 4.53 Å². The number of hydrogen-bond acceptors (Lipinski definition) is 5. The lowest BCUT2D eigenvalue weighted by Crippen LogP contribution is -2.07. The highest BCUT2D eigenvalue weighted by Gasteiger charge is 2.17. The van der Waals surface area contributed by atoms with Crippen LogP contribution in [0.1, 0.15) is 45.4 Å². The Morgan fingerprint density at radius 2 is 1.93 bits per heavy atom. The molecule has 0 saturated carbocycles. The standard InChI is InChI=1S/C17H21BrN4.C2H6.CH3FO/c1-10(2)12-5-4-6-15(14(18)9-12)21-17-20-11(3)13-7-8-19-16(13)22-17;1-2;1-3-2/h5-6,9-10H,4,7-8H2,1-3H3,(H2,19,20,21,22);1-2H3;1H3. The normalized spacial score (nSPS) is 14.9. The summed E-state index contributed by atoms with van der Waals surface area (Å²) in [5, 5.41) is 6.67. The summed E-state index contributed by atoms with van der Waals surface area (Å²) in [4.78, 5) is 11.9. The van der Waals surface area contributed by atoms with E-state index in [0.717, 1.165) is 48.2 Å². The van der Waals surface area contributed by atoms with E-state index in [-0.39, 0.29) is 0 Å². The fraction of sp³-hybridized carbons (Fsp3) is 0.500. The van der Waals surface area contributed by atoms with Crippen molar-refractivity contribution in [2.24, 2.45) is 5.92 Å². The Labute approximate surface area is 170 Å². The zero-order valence-electron chi connectivity index (χ0n) is 17.0. The highest BCUT2D eigenvalue weighted by Crippen LogP contribution is 2.29. The zero-order valence-corrected chi connectivity index (χ0v) is 18.6. The molecular formula is C20H30BrFN4O. The molecule has 0 fully saturated rings. The molecule has 2 heterocycles. The molecule has 2 N–H and O–H groups in total. The van der Waals surface area contributed by atoms with Crippen LogP contribution in [0.5, 0.6) is 0 Å². The van der Waals surface area contributed by atoms with Gasteiger partial charge >= 0.3 is 0 Å². The van der Waals surface area contributed by atoms with Crippen LogP contribution in [0.2, 0.25) is 0 Å². The average molecular weight is 441 g/mol. The zero-order chi connectivity index (χ0) is 20.4. The topological polar surface area (TPSA) is 59.1 Å². The molecule has 150 valence electrons. The average Bonchev–Trinajstić information content (AvgIpc) is 3.03. The number of nitrogens with zero attached hydrogens (tertiary/aromatic N) is 2. The van der Waals surface area contributed by atoms with Gasteiger partial charge in [0.1, 0.15) is 5.82 Å². The summed E-state index contributed by atoms with van der Waals surface area (Å²) in [5.41, 5.74) is 4.64. The number of hydrogen-bond donors (Lipinski definition) is 2. The molecule has 1 aromatic heterocycles. The third kappa shape index (κ3) is 6.74. The van der Waals surface area contributed by atoms with Crippen LogP contribution >= 0.6 is 15.9 Å². The fourth-order valence-corrected chi connectivity index (χ4v) is 3.26. The van der Waals surface area contributed by atoms with E-state index >= 15 is 0 Å². The summed E-state index contributed by atoms with van der Waals surface area (Å²) in [6.07, 6.45) is 8.51. The van der Waals surface area contributed by atoms with E-state index < -0.39 is 0 Å². The lowest BCUT2D eigenvalue weighted by atomic mass is 10.0. The number of aromatic nitrogens is 2. The minimum atomic E-state index is 0.517. The molecule has 2 aliphatic rings. The number of rotatable bonds is 3. The first-order valence-corrected chi connectivity index (χ1v) is 10.1. The molecule has 0 aromatic carbocycles. The maximum Gasteiger partial charge on any atom is 0.229 e. The Bertz CT molecular complexity index is 714. The third-order valence-corrected chi connectivity index (χ3v) is 4.68. The second-order valence-corrected chi connectivity index (χ2v) is 6.97. The maximum absolute atomic E-state index is 9.79. The minimum Gasteiger partial charge on any atom is -0.369 e. The van der Waals surface area contributed by atoms with Gasteiger partial charge in [0, 0.05) is 22.3 Å². The Kier molecular flexibility index (Phi) is 10.3. The van der Waals surface area contributed by atoms with Gasteiger partial charge in [0.25, 0.3) is 0 Å². The Morgan fingerprint density at radius 3 is 2.56 bits per heavy atom. The summed E-state index contributed by atoms with van der Waals surface area (Å²) in [6, 6.07) is 0. The molecule has 0 bridgehead atoms. The lowest BCUT2D eigenvalue weighted by molar-refractivity contribution is -0.0960. The van der Waals surface area contributed by atoms with E-state index in [2.05, 4.69) is 73.5 Å². The van der Waals surface area contributed by atoms with Crippen molar-refractivity contribution >= 4 is 27.7 Å². The highest BCUT2D eigenvalue weighted by atomic mass is 79.9. The van der Waals surface area contributed by atoms with Crippen LogP contribution in [0.15, 0.2) is 34.0 Å². The van der Waals surface area contributed by atoms with Gasteiger partial charge in [-0.15, -0.1) is 0 Å². The number of halogens is 2. The number of allylic oxidation sites excluding steroid dienone is 5. The van der Waals surface area contributed by atoms with Crippen LogP contribution in [0.3, 0.4) is 0 Å². The predicted octanol–water partition coefficient (Wildman–Crippen LogP) is 5.86. The van der Waals surface area contributed by atoms with Crippen LogP contribution in [0.4, 0.5) is 16.3 Å². The van der Waals surface area contributed by atoms with Crippen LogP contribution < -0.4 is 10.6 Å². The smallest absolute Gasteiger partial charge is 0.229 e. The van der Waals surface area contributed by atoms with Gasteiger partial charge in [-0.3, -0.25) is 0 Å². The molecular weight excluding hydrogens is 411 g/mol. The monoisotopic (exact) mass is 440 g/mol. The third-order valence-electron chi connectivity index (χ3n) is 4.02. The molecule has 7 heteroatoms. The molecule has 1 aromatic rings. The lowest BCUT2D eigenvalue weighted by Gasteiger charge is -2.12. The van der Waals surface area contributed by atoms with Crippen LogP contribution in [0, 0.1) is 12.8 Å². The quantitative estimate of drug-likeness (QED) is 0.616. The van der Waals surface area contributed by atoms with Gasteiger partial charge in [0.15, 0.2) is 0 Å². The van der Waals surface area contributed by atoms with Crippen LogP contribution in [0.25, 0.3) is 0 Å². The summed E-state index contributed by atoms with van der Waals surface area (Å²) < 4.78 is 10.8. The second kappa shape index (κ2) is 11.9. The predicted molar refractivity (Wildman–Crippen MR) is 115 cm³/mol. The van der Waals surface area contributed by atoms with Crippen LogP contribution in [-0.2, 0) is 11.4 Å². The van der Waals surface area contributed by atoms with Crippen molar-refractivity contribution in [3.63, 3.8) is 0 Å². The minimum absolute atomic E-state index is 0.517. The molecule has 5 nitrogen and oxygen atoms in total. The van der Waals surface area contributed by atoms with Gasteiger partial charge in [-0.05, 0) is 57.8 Å². The van der Waals surface area contributed by atoms with Crippen molar-refractivity contribution in [2.75, 3.05) is 24.3 Å². The van der Waals surface area contributed by atoms with Gasteiger partial charge in [0.05, 0.1) is 12.8 Å². The van der Waals surface area contributed by atoms with Crippen molar-refractivity contribution in [2.45, 2.75) is 47.5 Å². The molecule has 1 aliphatic carbocycles. The van der Waals surface area contributed by atoms with E-state index in [4.69, 9.17) is 0 Å². The molecule has 0 unspecified atom stereocenters. The first kappa shape index (κ1) is 23.3. The second-order valence-electron chi connectivity index (χ2n) is 6.12. The molecule has 0 atom stereocenters. The Morgan fingerprint density at radius 1 is 1.26 bits per heavy atom. The van der Waals surface area contributed by atoms with E-state index in [1.165, 1.54) is 11.1 Å². The van der Waals surface area contributed by atoms with E-state index in [0.29, 0.717) is 11.9 Å². The largest absolute Gasteiger partial charge is 0.369 e. The van der Waals surface area contributed by atoms with Crippen molar-refractivity contribution in [3.05, 3.63) is 45.2 Å². The first-order valence-electron chi connectivity index (χ1n) is 9.27. The van der Waals surface area contributed by atoms with E-state index in [1.54, 1.807) is 0 Å². The summed E-state index contributed by atoms with van der Waals surface area (Å²) in [5.74, 6) is 2.13. The van der Waals surface area contributed by atoms with Crippen molar-refractivity contribution in [3.8, 4) is 0 Å². The van der Waals surface area contributed by atoms with E-state index in [1.807, 2.05) is 20.8 Å². The molecule has 0 radical (unpaired) electrons. The number of anilines is 2. The number of nitrogens with one attached hydrogen (secondary N) is 2. The number of fused-ring (bicyclic) bond motifs is 1. The van der Waals surface area contributed by atoms with Crippen LogP contribution in [-0.4, -0.2) is 23.6 Å². The summed E-state index contributed by atoms with van der Waals surface area (Å²) in [7, 11) is 0.958. The summed E-state index contributed by atoms with van der Waals surface area (Å²) in [6.45, 7) is 11.4. The Hall–Kier alpha value is -1.73. The first-order chi connectivity index (χ1) is 13.0. The molecule has 27 heavy (non-hydrogen) atoms. The van der Waals surface area contributed by atoms with Gasteiger partial charge < -0.3 is 10.6 Å². The Balaban J connectivity index is 0.000000665. The molecule has 1 aliphatic heterocycles. The van der Waals surface area contributed by atoms with Crippen molar-refractivity contribution in [1.82, 2.24) is 9.97 Å². The van der Waals surface area contributed by atoms with Crippen molar-refractivity contribution < 1.29 is 9.47 Å². The summed E-state index contributed by atoms with van der Waals surface area (Å²) >= 11 is 3.67. The fourth-order valence-electron chi connectivity index (χ4n) is 2.73. The maximum atomic E-state index is 9.79. The highest BCUT2D eigenvalue weighted by molar-refractivity contribution is 9.12. The van der Waals surface area contributed by atoms with Crippen molar-refractivity contribution in [1.29, 1.82) is 0 Å². The van der Waals surface area contributed by atoms with Gasteiger partial charge in [-0.1, -0.05) is 39.8 Å². The van der Waals surface area contributed by atoms with Gasteiger partial charge in [-0.2, -0.15) is 9.93 Å². The molecule has 0 saturated heterocycles. The SMILES string of the molecule is CC.COF.Cc1nc(NC2=CCC=C(C(C)C)C=C2Br)nc2c1CCN2. The molecule has 0 spiro atoms.